The molecule has 1 aromatic carbocycles. The van der Waals surface area contributed by atoms with Crippen LogP contribution in [0.5, 0.6) is 5.75 Å². The third-order valence-electron chi connectivity index (χ3n) is 2.03. The van der Waals surface area contributed by atoms with Gasteiger partial charge in [-0.25, -0.2) is 0 Å². The zero-order valence-electron chi connectivity index (χ0n) is 8.30. The quantitative estimate of drug-likeness (QED) is 0.632. The zero-order valence-corrected chi connectivity index (χ0v) is 9.11. The molecule has 0 aromatic heterocycles. The third-order valence-corrected chi connectivity index (χ3v) is 2.03. The first-order valence-corrected chi connectivity index (χ1v) is 4.35. The fourth-order valence-electron chi connectivity index (χ4n) is 1.28. The Balaban J connectivity index is 0.00000225. The predicted molar refractivity (Wildman–Crippen MR) is 59.5 cm³/mol. The molecule has 5 nitrogen and oxygen atoms in total. The summed E-state index contributed by atoms with van der Waals surface area (Å²) < 4.78 is 12.1. The van der Waals surface area contributed by atoms with Gasteiger partial charge >= 0.3 is 0 Å². The van der Waals surface area contributed by atoms with Crippen molar-refractivity contribution in [2.45, 2.75) is 12.5 Å². The number of nitrogens with two attached hydrogens (primary N) is 1. The van der Waals surface area contributed by atoms with Crippen LogP contribution in [-0.2, 0) is 0 Å². The van der Waals surface area contributed by atoms with Gasteiger partial charge in [0.25, 0.3) is 5.69 Å². The number of halogens is 2. The van der Waals surface area contributed by atoms with E-state index in [0.29, 0.717) is 0 Å². The SMILES string of the molecule is Cl.N[C@H](CCF)c1cc(O)ccc1[N+](=O)[O-]. The first-order valence-electron chi connectivity index (χ1n) is 4.35. The first kappa shape index (κ1) is 14.6. The van der Waals surface area contributed by atoms with Crippen molar-refractivity contribution in [2.24, 2.45) is 5.73 Å². The van der Waals surface area contributed by atoms with Crippen molar-refractivity contribution < 1.29 is 14.4 Å². The van der Waals surface area contributed by atoms with Crippen molar-refractivity contribution in [2.75, 3.05) is 6.67 Å². The van der Waals surface area contributed by atoms with E-state index < -0.39 is 17.6 Å². The zero-order chi connectivity index (χ0) is 11.4. The Bertz CT molecular complexity index is 376. The minimum Gasteiger partial charge on any atom is -0.508 e. The van der Waals surface area contributed by atoms with Crippen LogP contribution in [0.15, 0.2) is 18.2 Å². The number of phenols is 1. The highest BCUT2D eigenvalue weighted by Gasteiger charge is 2.19. The van der Waals surface area contributed by atoms with Gasteiger partial charge in [0, 0.05) is 12.1 Å². The van der Waals surface area contributed by atoms with Crippen LogP contribution in [0.4, 0.5) is 10.1 Å². The molecule has 0 aliphatic rings. The molecule has 0 amide bonds. The van der Waals surface area contributed by atoms with E-state index in [1.165, 1.54) is 12.1 Å². The maximum atomic E-state index is 12.1. The van der Waals surface area contributed by atoms with E-state index in [0.717, 1.165) is 6.07 Å². The van der Waals surface area contributed by atoms with Gasteiger partial charge in [-0.15, -0.1) is 12.4 Å². The molecule has 0 bridgehead atoms. The lowest BCUT2D eigenvalue weighted by atomic mass is 10.0. The van der Waals surface area contributed by atoms with Crippen LogP contribution in [-0.4, -0.2) is 16.7 Å². The normalized spacial score (nSPS) is 11.6. The van der Waals surface area contributed by atoms with Gasteiger partial charge in [-0.3, -0.25) is 14.5 Å². The van der Waals surface area contributed by atoms with Gasteiger partial charge in [0.15, 0.2) is 0 Å². The molecule has 0 saturated carbocycles. The molecule has 1 aromatic rings. The van der Waals surface area contributed by atoms with Crippen LogP contribution in [0, 0.1) is 10.1 Å². The summed E-state index contributed by atoms with van der Waals surface area (Å²) in [4.78, 5) is 10.0. The molecule has 0 heterocycles. The smallest absolute Gasteiger partial charge is 0.274 e. The van der Waals surface area contributed by atoms with E-state index >= 15 is 0 Å². The second kappa shape index (κ2) is 6.24. The average Bonchev–Trinajstić information content (AvgIpc) is 2.17. The molecule has 1 atom stereocenters. The van der Waals surface area contributed by atoms with Crippen LogP contribution in [0.1, 0.15) is 18.0 Å². The maximum absolute atomic E-state index is 12.1. The van der Waals surface area contributed by atoms with Gasteiger partial charge < -0.3 is 10.8 Å². The number of rotatable bonds is 4. The van der Waals surface area contributed by atoms with E-state index in [-0.39, 0.29) is 35.8 Å². The van der Waals surface area contributed by atoms with Crippen LogP contribution in [0.3, 0.4) is 0 Å². The van der Waals surface area contributed by atoms with E-state index in [1.54, 1.807) is 0 Å². The average molecular weight is 251 g/mol. The van der Waals surface area contributed by atoms with Gasteiger partial charge in [0.2, 0.25) is 0 Å². The molecule has 90 valence electrons. The molecule has 0 radical (unpaired) electrons. The highest BCUT2D eigenvalue weighted by Crippen LogP contribution is 2.29. The van der Waals surface area contributed by atoms with Gasteiger partial charge in [-0.2, -0.15) is 0 Å². The molecule has 1 rings (SSSR count). The minimum absolute atomic E-state index is 0. The van der Waals surface area contributed by atoms with Gasteiger partial charge in [-0.05, 0) is 18.6 Å². The molecular weight excluding hydrogens is 239 g/mol. The number of hydrogen-bond donors (Lipinski definition) is 2. The standard InChI is InChI=1S/C9H11FN2O3.ClH/c10-4-3-8(11)7-5-6(13)1-2-9(7)12(14)15;/h1-2,5,8,13H,3-4,11H2;1H/t8-;/m1./s1. The van der Waals surface area contributed by atoms with Crippen molar-refractivity contribution in [3.05, 3.63) is 33.9 Å². The summed E-state index contributed by atoms with van der Waals surface area (Å²) in [6.07, 6.45) is -0.00963. The summed E-state index contributed by atoms with van der Waals surface area (Å²) in [5.74, 6) is -0.120. The van der Waals surface area contributed by atoms with Crippen molar-refractivity contribution in [1.82, 2.24) is 0 Å². The van der Waals surface area contributed by atoms with E-state index in [2.05, 4.69) is 0 Å². The molecule has 0 unspecified atom stereocenters. The molecule has 0 aliphatic carbocycles. The molecule has 0 aliphatic heterocycles. The molecule has 3 N–H and O–H groups in total. The van der Waals surface area contributed by atoms with Crippen LogP contribution >= 0.6 is 12.4 Å². The maximum Gasteiger partial charge on any atom is 0.274 e. The number of nitrogens with zero attached hydrogens (tertiary/aromatic N) is 1. The number of nitro benzene ring substituents is 1. The Labute approximate surface area is 97.6 Å². The Kier molecular flexibility index (Phi) is 5.69. The fraction of sp³-hybridized carbons (Fsp3) is 0.333. The lowest BCUT2D eigenvalue weighted by molar-refractivity contribution is -0.385. The van der Waals surface area contributed by atoms with Crippen LogP contribution in [0.2, 0.25) is 0 Å². The summed E-state index contributed by atoms with van der Waals surface area (Å²) in [5, 5.41) is 19.8. The highest BCUT2D eigenvalue weighted by atomic mass is 35.5. The van der Waals surface area contributed by atoms with E-state index in [1.807, 2.05) is 0 Å². The summed E-state index contributed by atoms with van der Waals surface area (Å²) in [6, 6.07) is 2.77. The Morgan fingerprint density at radius 1 is 1.56 bits per heavy atom. The van der Waals surface area contributed by atoms with Crippen molar-refractivity contribution in [1.29, 1.82) is 0 Å². The van der Waals surface area contributed by atoms with Crippen LogP contribution in [0.25, 0.3) is 0 Å². The number of benzene rings is 1. The predicted octanol–water partition coefficient (Wildman–Crippen LogP) is 2.08. The Morgan fingerprint density at radius 3 is 2.69 bits per heavy atom. The number of phenolic OH excluding ortho intramolecular Hbond substituents is 1. The van der Waals surface area contributed by atoms with E-state index in [4.69, 9.17) is 10.8 Å². The number of nitro groups is 1. The number of aromatic hydroxyl groups is 1. The van der Waals surface area contributed by atoms with Crippen molar-refractivity contribution in [3.8, 4) is 5.75 Å². The minimum atomic E-state index is -0.775. The lowest BCUT2D eigenvalue weighted by Gasteiger charge is -2.10. The topological polar surface area (TPSA) is 89.4 Å². The third kappa shape index (κ3) is 3.32. The lowest BCUT2D eigenvalue weighted by Crippen LogP contribution is -2.12. The molecule has 0 saturated heterocycles. The summed E-state index contributed by atoms with van der Waals surface area (Å²) >= 11 is 0. The molecule has 16 heavy (non-hydrogen) atoms. The number of alkyl halides is 1. The molecular formula is C9H12ClFN2O3. The molecule has 0 spiro atoms. The highest BCUT2D eigenvalue weighted by molar-refractivity contribution is 5.85. The van der Waals surface area contributed by atoms with Crippen molar-refractivity contribution in [3.63, 3.8) is 0 Å². The Hall–Kier alpha value is -1.40. The van der Waals surface area contributed by atoms with Crippen molar-refractivity contribution >= 4 is 18.1 Å². The first-order chi connectivity index (χ1) is 7.06. The largest absolute Gasteiger partial charge is 0.508 e. The Morgan fingerprint density at radius 2 is 2.19 bits per heavy atom. The van der Waals surface area contributed by atoms with E-state index in [9.17, 15) is 14.5 Å². The fourth-order valence-corrected chi connectivity index (χ4v) is 1.28. The summed E-state index contributed by atoms with van der Waals surface area (Å²) in [7, 11) is 0. The van der Waals surface area contributed by atoms with Gasteiger partial charge in [-0.1, -0.05) is 0 Å². The van der Waals surface area contributed by atoms with Gasteiger partial charge in [0.05, 0.1) is 17.2 Å². The molecule has 0 fully saturated rings. The molecule has 7 heteroatoms. The van der Waals surface area contributed by atoms with Crippen LogP contribution < -0.4 is 5.73 Å². The summed E-state index contributed by atoms with van der Waals surface area (Å²) in [5.41, 5.74) is 5.51. The second-order valence-corrected chi connectivity index (χ2v) is 3.08. The number of hydrogen-bond acceptors (Lipinski definition) is 4. The summed E-state index contributed by atoms with van der Waals surface area (Å²) in [6.45, 7) is -0.659. The monoisotopic (exact) mass is 250 g/mol. The van der Waals surface area contributed by atoms with Gasteiger partial charge in [0.1, 0.15) is 5.75 Å². The second-order valence-electron chi connectivity index (χ2n) is 3.08.